The van der Waals surface area contributed by atoms with Gasteiger partial charge in [-0.25, -0.2) is 0 Å². The molecule has 1 atom stereocenters. The van der Waals surface area contributed by atoms with Crippen LogP contribution < -0.4 is 5.32 Å². The van der Waals surface area contributed by atoms with Crippen molar-refractivity contribution in [1.29, 1.82) is 0 Å². The van der Waals surface area contributed by atoms with Crippen LogP contribution in [0.15, 0.2) is 24.3 Å². The summed E-state index contributed by atoms with van der Waals surface area (Å²) >= 11 is 0. The van der Waals surface area contributed by atoms with Crippen LogP contribution in [-0.2, 0) is 22.4 Å². The average molecular weight is 219 g/mol. The van der Waals surface area contributed by atoms with Gasteiger partial charge in [0.1, 0.15) is 6.10 Å². The Kier molecular flexibility index (Phi) is 3.25. The molecule has 0 heterocycles. The normalized spacial score (nSPS) is 16.9. The van der Waals surface area contributed by atoms with E-state index in [1.807, 2.05) is 12.1 Å². The first-order valence-corrected chi connectivity index (χ1v) is 5.60. The monoisotopic (exact) mass is 219 g/mol. The van der Waals surface area contributed by atoms with E-state index in [-0.39, 0.29) is 18.1 Å². The van der Waals surface area contributed by atoms with E-state index in [4.69, 9.17) is 4.74 Å². The molecular weight excluding hydrogens is 202 g/mol. The summed E-state index contributed by atoms with van der Waals surface area (Å²) in [5.74, 6) is -0.0275. The fourth-order valence-electron chi connectivity index (χ4n) is 2.09. The Hall–Kier alpha value is -1.35. The number of hydrogen-bond donors (Lipinski definition) is 1. The zero-order valence-electron chi connectivity index (χ0n) is 9.69. The highest BCUT2D eigenvalue weighted by atomic mass is 16.5. The Labute approximate surface area is 95.8 Å². The molecule has 86 valence electrons. The van der Waals surface area contributed by atoms with Gasteiger partial charge in [-0.1, -0.05) is 24.3 Å². The van der Waals surface area contributed by atoms with Crippen LogP contribution in [0.2, 0.25) is 0 Å². The highest BCUT2D eigenvalue weighted by Crippen LogP contribution is 2.21. The maximum absolute atomic E-state index is 11.6. The molecule has 0 saturated carbocycles. The van der Waals surface area contributed by atoms with Crippen LogP contribution >= 0.6 is 0 Å². The van der Waals surface area contributed by atoms with Crippen molar-refractivity contribution in [3.63, 3.8) is 0 Å². The summed E-state index contributed by atoms with van der Waals surface area (Å²) in [5, 5.41) is 3.01. The maximum atomic E-state index is 11.6. The van der Waals surface area contributed by atoms with Crippen LogP contribution in [0.4, 0.5) is 0 Å². The number of rotatable bonds is 3. The van der Waals surface area contributed by atoms with Crippen LogP contribution in [0.1, 0.15) is 18.1 Å². The summed E-state index contributed by atoms with van der Waals surface area (Å²) in [6.45, 7) is 1.76. The summed E-state index contributed by atoms with van der Waals surface area (Å²) in [6, 6.07) is 8.56. The third kappa shape index (κ3) is 2.25. The molecule has 1 amide bonds. The van der Waals surface area contributed by atoms with Crippen molar-refractivity contribution in [2.75, 3.05) is 7.11 Å². The summed E-state index contributed by atoms with van der Waals surface area (Å²) in [4.78, 5) is 11.6. The molecule has 0 aliphatic heterocycles. The van der Waals surface area contributed by atoms with Crippen molar-refractivity contribution in [2.24, 2.45) is 0 Å². The molecule has 1 unspecified atom stereocenters. The Morgan fingerprint density at radius 1 is 1.38 bits per heavy atom. The fourth-order valence-corrected chi connectivity index (χ4v) is 2.09. The van der Waals surface area contributed by atoms with Crippen LogP contribution in [0.25, 0.3) is 0 Å². The van der Waals surface area contributed by atoms with Crippen LogP contribution in [0.3, 0.4) is 0 Å². The predicted molar refractivity (Wildman–Crippen MR) is 62.3 cm³/mol. The van der Waals surface area contributed by atoms with Gasteiger partial charge >= 0.3 is 0 Å². The molecule has 0 saturated heterocycles. The van der Waals surface area contributed by atoms with Crippen molar-refractivity contribution >= 4 is 5.91 Å². The average Bonchev–Trinajstić information content (AvgIpc) is 2.69. The lowest BCUT2D eigenvalue weighted by atomic mass is 10.1. The Morgan fingerprint density at radius 3 is 2.44 bits per heavy atom. The molecule has 0 bridgehead atoms. The quantitative estimate of drug-likeness (QED) is 0.832. The summed E-state index contributed by atoms with van der Waals surface area (Å²) in [6.07, 6.45) is 1.49. The zero-order chi connectivity index (χ0) is 11.5. The van der Waals surface area contributed by atoms with Crippen molar-refractivity contribution in [3.05, 3.63) is 35.4 Å². The second kappa shape index (κ2) is 4.66. The van der Waals surface area contributed by atoms with Gasteiger partial charge < -0.3 is 10.1 Å². The molecule has 1 aliphatic rings. The number of carbonyl (C=O) groups excluding carboxylic acids is 1. The number of amides is 1. The second-order valence-corrected chi connectivity index (χ2v) is 4.26. The van der Waals surface area contributed by atoms with Crippen LogP contribution in [0, 0.1) is 0 Å². The van der Waals surface area contributed by atoms with Gasteiger partial charge in [0.15, 0.2) is 0 Å². The van der Waals surface area contributed by atoms with E-state index >= 15 is 0 Å². The molecule has 0 aromatic heterocycles. The van der Waals surface area contributed by atoms with E-state index in [0.29, 0.717) is 0 Å². The smallest absolute Gasteiger partial charge is 0.249 e. The molecular formula is C13H17NO2. The Morgan fingerprint density at radius 2 is 1.94 bits per heavy atom. The van der Waals surface area contributed by atoms with E-state index in [9.17, 15) is 4.79 Å². The summed E-state index contributed by atoms with van der Waals surface area (Å²) in [5.41, 5.74) is 2.69. The molecule has 1 aromatic rings. The van der Waals surface area contributed by atoms with Crippen LogP contribution in [0.5, 0.6) is 0 Å². The van der Waals surface area contributed by atoms with Crippen molar-refractivity contribution in [2.45, 2.75) is 31.9 Å². The minimum atomic E-state index is -0.372. The van der Waals surface area contributed by atoms with Gasteiger partial charge in [0.05, 0.1) is 0 Å². The SMILES string of the molecule is COC(C)C(=O)NC1Cc2ccccc2C1. The Bertz CT molecular complexity index is 364. The Balaban J connectivity index is 1.95. The lowest BCUT2D eigenvalue weighted by Gasteiger charge is -2.15. The van der Waals surface area contributed by atoms with E-state index in [1.165, 1.54) is 11.1 Å². The number of carbonyl (C=O) groups is 1. The highest BCUT2D eigenvalue weighted by Gasteiger charge is 2.23. The minimum absolute atomic E-state index is 0.0275. The maximum Gasteiger partial charge on any atom is 0.249 e. The van der Waals surface area contributed by atoms with E-state index < -0.39 is 0 Å². The van der Waals surface area contributed by atoms with Gasteiger partial charge in [0, 0.05) is 13.2 Å². The molecule has 1 aromatic carbocycles. The van der Waals surface area contributed by atoms with E-state index in [2.05, 4.69) is 17.4 Å². The molecule has 3 heteroatoms. The lowest BCUT2D eigenvalue weighted by Crippen LogP contribution is -2.41. The molecule has 1 aliphatic carbocycles. The lowest BCUT2D eigenvalue weighted by molar-refractivity contribution is -0.130. The minimum Gasteiger partial charge on any atom is -0.372 e. The molecule has 0 radical (unpaired) electrons. The first-order valence-electron chi connectivity index (χ1n) is 5.60. The van der Waals surface area contributed by atoms with Gasteiger partial charge in [-0.2, -0.15) is 0 Å². The third-order valence-electron chi connectivity index (χ3n) is 3.12. The summed E-state index contributed by atoms with van der Waals surface area (Å²) in [7, 11) is 1.55. The predicted octanol–water partition coefficient (Wildman–Crippen LogP) is 1.30. The molecule has 3 nitrogen and oxygen atoms in total. The number of nitrogens with one attached hydrogen (secondary N) is 1. The molecule has 2 rings (SSSR count). The van der Waals surface area contributed by atoms with Gasteiger partial charge in [0.2, 0.25) is 5.91 Å². The van der Waals surface area contributed by atoms with Crippen molar-refractivity contribution < 1.29 is 9.53 Å². The van der Waals surface area contributed by atoms with Gasteiger partial charge in [-0.05, 0) is 30.9 Å². The largest absolute Gasteiger partial charge is 0.372 e. The molecule has 16 heavy (non-hydrogen) atoms. The van der Waals surface area contributed by atoms with Crippen molar-refractivity contribution in [3.8, 4) is 0 Å². The fraction of sp³-hybridized carbons (Fsp3) is 0.462. The topological polar surface area (TPSA) is 38.3 Å². The number of benzene rings is 1. The van der Waals surface area contributed by atoms with Crippen LogP contribution in [-0.4, -0.2) is 25.2 Å². The van der Waals surface area contributed by atoms with E-state index in [1.54, 1.807) is 14.0 Å². The van der Waals surface area contributed by atoms with E-state index in [0.717, 1.165) is 12.8 Å². The standard InChI is InChI=1S/C13H17NO2/c1-9(16-2)13(15)14-12-7-10-5-3-4-6-11(10)8-12/h3-6,9,12H,7-8H2,1-2H3,(H,14,15). The molecule has 1 N–H and O–H groups in total. The molecule has 0 spiro atoms. The van der Waals surface area contributed by atoms with Gasteiger partial charge in [-0.3, -0.25) is 4.79 Å². The molecule has 0 fully saturated rings. The number of hydrogen-bond acceptors (Lipinski definition) is 2. The second-order valence-electron chi connectivity index (χ2n) is 4.26. The highest BCUT2D eigenvalue weighted by molar-refractivity contribution is 5.80. The first-order chi connectivity index (χ1) is 7.70. The van der Waals surface area contributed by atoms with Gasteiger partial charge in [-0.15, -0.1) is 0 Å². The van der Waals surface area contributed by atoms with Crippen molar-refractivity contribution in [1.82, 2.24) is 5.32 Å². The number of fused-ring (bicyclic) bond motifs is 1. The summed E-state index contributed by atoms with van der Waals surface area (Å²) < 4.78 is 4.99. The number of methoxy groups -OCH3 is 1. The number of ether oxygens (including phenoxy) is 1. The first kappa shape index (κ1) is 11.1. The van der Waals surface area contributed by atoms with Gasteiger partial charge in [0.25, 0.3) is 0 Å². The third-order valence-corrected chi connectivity index (χ3v) is 3.12. The zero-order valence-corrected chi connectivity index (χ0v) is 9.69.